The first-order valence-corrected chi connectivity index (χ1v) is 24.0. The summed E-state index contributed by atoms with van der Waals surface area (Å²) in [6.45, 7) is 15.4. The maximum atomic E-state index is 4.93. The molecule has 0 N–H and O–H groups in total. The van der Waals surface area contributed by atoms with Crippen molar-refractivity contribution in [1.29, 1.82) is 0 Å². The Kier molecular flexibility index (Phi) is 13.7. The van der Waals surface area contributed by atoms with Crippen LogP contribution in [0.1, 0.15) is 42.0 Å². The molecular weight excluding hydrogens is 695 g/mol. The van der Waals surface area contributed by atoms with Crippen LogP contribution in [0.2, 0.25) is 13.1 Å². The van der Waals surface area contributed by atoms with Crippen LogP contribution < -0.4 is 0 Å². The fourth-order valence-electron chi connectivity index (χ4n) is 6.13. The third-order valence-electron chi connectivity index (χ3n) is 8.14. The topological polar surface area (TPSA) is 0 Å². The molecule has 0 nitrogen and oxygen atoms in total. The van der Waals surface area contributed by atoms with E-state index in [9.17, 15) is 0 Å². The number of fused-ring (bicyclic) bond motifs is 3. The van der Waals surface area contributed by atoms with Gasteiger partial charge in [0.2, 0.25) is 0 Å². The predicted molar refractivity (Wildman–Crippen MR) is 205 cm³/mol. The fourth-order valence-corrected chi connectivity index (χ4v) is 6.13. The van der Waals surface area contributed by atoms with Crippen molar-refractivity contribution in [3.05, 3.63) is 144 Å². The van der Waals surface area contributed by atoms with Crippen molar-refractivity contribution in [3.63, 3.8) is 0 Å². The quantitative estimate of drug-likeness (QED) is 0.125. The monoisotopic (exact) mass is 734 g/mol. The van der Waals surface area contributed by atoms with Gasteiger partial charge in [-0.1, -0.05) is 142 Å². The first-order chi connectivity index (χ1) is 22.2. The van der Waals surface area contributed by atoms with E-state index in [1.54, 1.807) is 0 Å². The average molecular weight is 737 g/mol. The first-order valence-electron chi connectivity index (χ1n) is 15.7. The van der Waals surface area contributed by atoms with E-state index < -0.39 is 20.8 Å². The Bertz CT molecular complexity index is 1990. The normalized spacial score (nSPS) is 10.5. The SMILES string of the molecule is CC(C)c1cc2c(-c3ccccc3)cccc2[cH-]1.C[Si]C.Cc1cc2c(-c3cccc4ccccc34)c(C)cc(C)c2[cH-]1.[Cl][Zr+2][Cl]. The molecule has 0 aliphatic heterocycles. The van der Waals surface area contributed by atoms with Crippen LogP contribution in [0.4, 0.5) is 0 Å². The number of aryl methyl sites for hydroxylation is 3. The van der Waals surface area contributed by atoms with E-state index in [4.69, 9.17) is 17.0 Å². The second kappa shape index (κ2) is 17.4. The van der Waals surface area contributed by atoms with Gasteiger partial charge < -0.3 is 0 Å². The zero-order valence-electron chi connectivity index (χ0n) is 27.9. The molecular formula is C42H42Cl2SiZr. The summed E-state index contributed by atoms with van der Waals surface area (Å²) in [7, 11) is 11.0. The van der Waals surface area contributed by atoms with Gasteiger partial charge in [-0.05, 0) is 34.7 Å². The second-order valence-corrected chi connectivity index (χ2v) is 16.7. The van der Waals surface area contributed by atoms with E-state index in [-0.39, 0.29) is 0 Å². The maximum absolute atomic E-state index is 4.93. The Labute approximate surface area is 297 Å². The summed E-state index contributed by atoms with van der Waals surface area (Å²) in [6, 6.07) is 44.0. The summed E-state index contributed by atoms with van der Waals surface area (Å²) in [4.78, 5) is 0. The number of benzene rings is 5. The van der Waals surface area contributed by atoms with Crippen LogP contribution in [0.5, 0.6) is 0 Å². The van der Waals surface area contributed by atoms with Gasteiger partial charge in [-0.25, -0.2) is 0 Å². The third kappa shape index (κ3) is 8.59. The summed E-state index contributed by atoms with van der Waals surface area (Å²) in [5, 5.41) is 8.11. The van der Waals surface area contributed by atoms with E-state index in [0.717, 1.165) is 9.52 Å². The molecule has 0 unspecified atom stereocenters. The first kappa shape index (κ1) is 36.1. The van der Waals surface area contributed by atoms with Gasteiger partial charge in [-0.15, -0.1) is 62.5 Å². The Hall–Kier alpha value is -2.74. The molecule has 46 heavy (non-hydrogen) atoms. The van der Waals surface area contributed by atoms with Gasteiger partial charge in [0.1, 0.15) is 0 Å². The van der Waals surface area contributed by atoms with E-state index in [0.29, 0.717) is 5.92 Å². The zero-order valence-corrected chi connectivity index (χ0v) is 32.9. The van der Waals surface area contributed by atoms with Crippen LogP contribution in [0.25, 0.3) is 54.6 Å². The summed E-state index contributed by atoms with van der Waals surface area (Å²) in [5.41, 5.74) is 10.8. The van der Waals surface area contributed by atoms with Gasteiger partial charge in [0.25, 0.3) is 0 Å². The van der Waals surface area contributed by atoms with Gasteiger partial charge in [0, 0.05) is 9.52 Å². The van der Waals surface area contributed by atoms with Gasteiger partial charge in [-0.3, -0.25) is 0 Å². The molecule has 7 aromatic carbocycles. The zero-order chi connectivity index (χ0) is 33.2. The van der Waals surface area contributed by atoms with Crippen LogP contribution in [0, 0.1) is 20.8 Å². The molecule has 0 atom stereocenters. The number of halogens is 2. The standard InChI is InChI=1S/C22H19.C18H17.C2H6Si.2ClH.Zr/c1-14-11-20-15(2)13-16(3)22(21(20)12-14)19-10-6-8-17-7-4-5-9-18(17)19;1-13(2)16-11-15-9-6-10-17(18(15)12-16)14-7-4-3-5-8-14;1-3-2;;;/h4-13H,1-3H3;3-13H,1-2H3;1-2H3;2*1H;/q2*-1;;;;+4/p-2. The minimum absolute atomic E-state index is 0.584. The molecule has 232 valence electrons. The van der Waals surface area contributed by atoms with Crippen molar-refractivity contribution < 1.29 is 20.8 Å². The van der Waals surface area contributed by atoms with Gasteiger partial charge in [-0.2, -0.15) is 12.1 Å². The molecule has 0 aliphatic rings. The molecule has 2 radical (unpaired) electrons. The molecule has 4 heteroatoms. The molecule has 0 saturated heterocycles. The number of hydrogen-bond donors (Lipinski definition) is 0. The molecule has 7 aromatic rings. The molecule has 7 rings (SSSR count). The van der Waals surface area contributed by atoms with Crippen LogP contribution in [-0.4, -0.2) is 9.52 Å². The van der Waals surface area contributed by atoms with E-state index in [2.05, 4.69) is 169 Å². The van der Waals surface area contributed by atoms with Crippen LogP contribution >= 0.6 is 17.0 Å². The van der Waals surface area contributed by atoms with Gasteiger partial charge in [0.15, 0.2) is 0 Å². The summed E-state index contributed by atoms with van der Waals surface area (Å²) < 4.78 is 0. The van der Waals surface area contributed by atoms with Crippen molar-refractivity contribution in [2.75, 3.05) is 0 Å². The Morgan fingerprint density at radius 1 is 0.630 bits per heavy atom. The van der Waals surface area contributed by atoms with Crippen molar-refractivity contribution in [2.45, 2.75) is 53.6 Å². The molecule has 0 bridgehead atoms. The molecule has 0 aromatic heterocycles. The Balaban J connectivity index is 0.000000181. The molecule has 0 fully saturated rings. The van der Waals surface area contributed by atoms with E-state index in [1.165, 1.54) is 76.8 Å². The van der Waals surface area contributed by atoms with Crippen molar-refractivity contribution in [1.82, 2.24) is 0 Å². The second-order valence-electron chi connectivity index (χ2n) is 12.0. The third-order valence-corrected chi connectivity index (χ3v) is 8.14. The number of hydrogen-bond acceptors (Lipinski definition) is 0. The molecule has 0 spiro atoms. The van der Waals surface area contributed by atoms with E-state index >= 15 is 0 Å². The summed E-state index contributed by atoms with van der Waals surface area (Å²) in [5.74, 6) is 0.584. The van der Waals surface area contributed by atoms with Crippen molar-refractivity contribution >= 4 is 58.9 Å². The Morgan fingerprint density at radius 2 is 1.24 bits per heavy atom. The van der Waals surface area contributed by atoms with E-state index in [1.807, 2.05) is 0 Å². The summed E-state index contributed by atoms with van der Waals surface area (Å²) in [6.07, 6.45) is 0. The van der Waals surface area contributed by atoms with Gasteiger partial charge in [0.05, 0.1) is 0 Å². The molecule has 0 amide bonds. The average Bonchev–Trinajstić information content (AvgIpc) is 3.67. The minimum atomic E-state index is -0.826. The summed E-state index contributed by atoms with van der Waals surface area (Å²) >= 11 is -0.826. The van der Waals surface area contributed by atoms with Crippen molar-refractivity contribution in [3.8, 4) is 22.3 Å². The van der Waals surface area contributed by atoms with Gasteiger partial charge >= 0.3 is 37.9 Å². The molecule has 0 heterocycles. The van der Waals surface area contributed by atoms with Crippen LogP contribution in [0.15, 0.2) is 121 Å². The fraction of sp³-hybridized carbons (Fsp3) is 0.190. The molecule has 0 aliphatic carbocycles. The van der Waals surface area contributed by atoms with Crippen LogP contribution in [-0.2, 0) is 20.8 Å². The predicted octanol–water partition coefficient (Wildman–Crippen LogP) is 13.8. The van der Waals surface area contributed by atoms with Crippen LogP contribution in [0.3, 0.4) is 0 Å². The van der Waals surface area contributed by atoms with Crippen molar-refractivity contribution in [2.24, 2.45) is 0 Å². The Morgan fingerprint density at radius 3 is 1.93 bits per heavy atom. The number of rotatable bonds is 3. The molecule has 0 saturated carbocycles.